The van der Waals surface area contributed by atoms with Gasteiger partial charge in [0.25, 0.3) is 0 Å². The molecule has 0 amide bonds. The molecule has 100 valence electrons. The Morgan fingerprint density at radius 3 is 2.75 bits per heavy atom. The second-order valence-electron chi connectivity index (χ2n) is 4.82. The largest absolute Gasteiger partial charge is 0.496 e. The highest BCUT2D eigenvalue weighted by molar-refractivity contribution is 5.70. The molecule has 0 aliphatic heterocycles. The lowest BCUT2D eigenvalue weighted by molar-refractivity contribution is 0.416. The van der Waals surface area contributed by atoms with Gasteiger partial charge < -0.3 is 10.1 Å². The first kappa shape index (κ1) is 12.5. The van der Waals surface area contributed by atoms with Crippen LogP contribution < -0.4 is 10.1 Å². The van der Waals surface area contributed by atoms with E-state index in [0.717, 1.165) is 29.8 Å². The molecule has 1 aliphatic carbocycles. The van der Waals surface area contributed by atoms with E-state index >= 15 is 0 Å². The van der Waals surface area contributed by atoms with Crippen LogP contribution in [0.4, 0.5) is 5.82 Å². The first-order chi connectivity index (χ1) is 9.81. The molecule has 0 unspecified atom stereocenters. The Labute approximate surface area is 118 Å². The zero-order valence-corrected chi connectivity index (χ0v) is 11.3. The summed E-state index contributed by atoms with van der Waals surface area (Å²) in [5.41, 5.74) is 2.32. The molecule has 3 rings (SSSR count). The van der Waals surface area contributed by atoms with Gasteiger partial charge in [-0.25, -0.2) is 4.98 Å². The number of methoxy groups -OCH3 is 1. The van der Waals surface area contributed by atoms with Crippen LogP contribution in [0.1, 0.15) is 18.4 Å². The van der Waals surface area contributed by atoms with Crippen LogP contribution in [0.5, 0.6) is 5.75 Å². The van der Waals surface area contributed by atoms with Crippen LogP contribution in [0.15, 0.2) is 36.4 Å². The Morgan fingerprint density at radius 2 is 2.05 bits per heavy atom. The minimum Gasteiger partial charge on any atom is -0.496 e. The van der Waals surface area contributed by atoms with Gasteiger partial charge in [0.1, 0.15) is 17.6 Å². The van der Waals surface area contributed by atoms with Gasteiger partial charge in [0, 0.05) is 11.6 Å². The van der Waals surface area contributed by atoms with Crippen molar-refractivity contribution in [2.75, 3.05) is 12.4 Å². The SMILES string of the molecule is COc1ccccc1-c1ccc(C#N)c(NC2CC2)n1. The summed E-state index contributed by atoms with van der Waals surface area (Å²) in [5.74, 6) is 1.44. The average molecular weight is 265 g/mol. The maximum Gasteiger partial charge on any atom is 0.144 e. The zero-order valence-electron chi connectivity index (χ0n) is 11.3. The molecule has 1 aromatic heterocycles. The molecular weight excluding hydrogens is 250 g/mol. The molecule has 0 radical (unpaired) electrons. The van der Waals surface area contributed by atoms with Crippen molar-refractivity contribution in [3.63, 3.8) is 0 Å². The Hall–Kier alpha value is -2.54. The second kappa shape index (κ2) is 5.22. The highest BCUT2D eigenvalue weighted by Crippen LogP contribution is 2.31. The van der Waals surface area contributed by atoms with Crippen molar-refractivity contribution >= 4 is 5.82 Å². The van der Waals surface area contributed by atoms with Crippen molar-refractivity contribution < 1.29 is 4.74 Å². The number of aromatic nitrogens is 1. The van der Waals surface area contributed by atoms with Crippen molar-refractivity contribution in [3.05, 3.63) is 42.0 Å². The lowest BCUT2D eigenvalue weighted by Gasteiger charge is -2.11. The van der Waals surface area contributed by atoms with Crippen LogP contribution in [0.25, 0.3) is 11.3 Å². The zero-order chi connectivity index (χ0) is 13.9. The molecule has 0 spiro atoms. The number of rotatable bonds is 4. The highest BCUT2D eigenvalue weighted by Gasteiger charge is 2.23. The summed E-state index contributed by atoms with van der Waals surface area (Å²) in [7, 11) is 1.64. The number of para-hydroxylation sites is 1. The van der Waals surface area contributed by atoms with Gasteiger partial charge in [0.2, 0.25) is 0 Å². The Balaban J connectivity index is 2.03. The standard InChI is InChI=1S/C16H15N3O/c1-20-15-5-3-2-4-13(15)14-9-6-11(10-17)16(19-14)18-12-7-8-12/h2-6,9,12H,7-8H2,1H3,(H,18,19). The number of nitrogens with zero attached hydrogens (tertiary/aromatic N) is 2. The predicted molar refractivity (Wildman–Crippen MR) is 77.6 cm³/mol. The molecule has 1 fully saturated rings. The third-order valence-electron chi connectivity index (χ3n) is 3.32. The maximum atomic E-state index is 9.16. The lowest BCUT2D eigenvalue weighted by atomic mass is 10.1. The predicted octanol–water partition coefficient (Wildman–Crippen LogP) is 3.20. The first-order valence-electron chi connectivity index (χ1n) is 6.63. The van der Waals surface area contributed by atoms with Gasteiger partial charge in [-0.15, -0.1) is 0 Å². The Kier molecular flexibility index (Phi) is 3.26. The summed E-state index contributed by atoms with van der Waals surface area (Å²) in [6.45, 7) is 0. The average Bonchev–Trinajstić information content (AvgIpc) is 3.31. The fourth-order valence-corrected chi connectivity index (χ4v) is 2.09. The molecule has 1 N–H and O–H groups in total. The van der Waals surface area contributed by atoms with Gasteiger partial charge in [-0.2, -0.15) is 5.26 Å². The third-order valence-corrected chi connectivity index (χ3v) is 3.32. The summed E-state index contributed by atoms with van der Waals surface area (Å²) in [6.07, 6.45) is 2.29. The molecule has 4 nitrogen and oxygen atoms in total. The van der Waals surface area contributed by atoms with Gasteiger partial charge in [-0.05, 0) is 37.1 Å². The van der Waals surface area contributed by atoms with Crippen LogP contribution in [-0.2, 0) is 0 Å². The summed E-state index contributed by atoms with van der Waals surface area (Å²) < 4.78 is 5.36. The summed E-state index contributed by atoms with van der Waals surface area (Å²) >= 11 is 0. The van der Waals surface area contributed by atoms with E-state index in [1.807, 2.05) is 30.3 Å². The van der Waals surface area contributed by atoms with Crippen molar-refractivity contribution in [2.45, 2.75) is 18.9 Å². The summed E-state index contributed by atoms with van der Waals surface area (Å²) in [5, 5.41) is 12.5. The van der Waals surface area contributed by atoms with Crippen LogP contribution in [-0.4, -0.2) is 18.1 Å². The van der Waals surface area contributed by atoms with E-state index in [4.69, 9.17) is 10.00 Å². The number of benzene rings is 1. The number of pyridine rings is 1. The number of anilines is 1. The van der Waals surface area contributed by atoms with E-state index in [9.17, 15) is 0 Å². The van der Waals surface area contributed by atoms with Gasteiger partial charge in [0.15, 0.2) is 0 Å². The smallest absolute Gasteiger partial charge is 0.144 e. The molecule has 4 heteroatoms. The van der Waals surface area contributed by atoms with Crippen molar-refractivity contribution in [1.82, 2.24) is 4.98 Å². The van der Waals surface area contributed by atoms with E-state index in [0.29, 0.717) is 17.4 Å². The normalized spacial score (nSPS) is 13.6. The van der Waals surface area contributed by atoms with Crippen molar-refractivity contribution in [3.8, 4) is 23.1 Å². The van der Waals surface area contributed by atoms with E-state index < -0.39 is 0 Å². The van der Waals surface area contributed by atoms with Gasteiger partial charge in [-0.3, -0.25) is 0 Å². The molecule has 1 heterocycles. The summed E-state index contributed by atoms with van der Waals surface area (Å²) in [4.78, 5) is 4.59. The summed E-state index contributed by atoms with van der Waals surface area (Å²) in [6, 6.07) is 14.0. The van der Waals surface area contributed by atoms with Crippen LogP contribution >= 0.6 is 0 Å². The van der Waals surface area contributed by atoms with E-state index in [2.05, 4.69) is 16.4 Å². The minimum atomic E-state index is 0.461. The van der Waals surface area contributed by atoms with Gasteiger partial charge in [0.05, 0.1) is 18.4 Å². The number of hydrogen-bond donors (Lipinski definition) is 1. The Bertz CT molecular complexity index is 672. The van der Waals surface area contributed by atoms with Crippen LogP contribution in [0.3, 0.4) is 0 Å². The van der Waals surface area contributed by atoms with Gasteiger partial charge in [-0.1, -0.05) is 12.1 Å². The quantitative estimate of drug-likeness (QED) is 0.922. The number of nitrogens with one attached hydrogen (secondary N) is 1. The minimum absolute atomic E-state index is 0.461. The fraction of sp³-hybridized carbons (Fsp3) is 0.250. The fourth-order valence-electron chi connectivity index (χ4n) is 2.09. The van der Waals surface area contributed by atoms with Gasteiger partial charge >= 0.3 is 0 Å². The van der Waals surface area contributed by atoms with Crippen molar-refractivity contribution in [2.24, 2.45) is 0 Å². The molecule has 0 saturated heterocycles. The van der Waals surface area contributed by atoms with E-state index in [-0.39, 0.29) is 0 Å². The first-order valence-corrected chi connectivity index (χ1v) is 6.63. The van der Waals surface area contributed by atoms with E-state index in [1.54, 1.807) is 13.2 Å². The van der Waals surface area contributed by atoms with Crippen LogP contribution in [0.2, 0.25) is 0 Å². The number of ether oxygens (including phenoxy) is 1. The second-order valence-corrected chi connectivity index (χ2v) is 4.82. The van der Waals surface area contributed by atoms with E-state index in [1.165, 1.54) is 0 Å². The topological polar surface area (TPSA) is 57.9 Å². The highest BCUT2D eigenvalue weighted by atomic mass is 16.5. The molecular formula is C16H15N3O. The maximum absolute atomic E-state index is 9.16. The monoisotopic (exact) mass is 265 g/mol. The number of nitriles is 1. The molecule has 1 aromatic carbocycles. The molecule has 0 bridgehead atoms. The lowest BCUT2D eigenvalue weighted by Crippen LogP contribution is -2.06. The Morgan fingerprint density at radius 1 is 1.25 bits per heavy atom. The molecule has 20 heavy (non-hydrogen) atoms. The third kappa shape index (κ3) is 2.43. The molecule has 1 saturated carbocycles. The molecule has 2 aromatic rings. The number of hydrogen-bond acceptors (Lipinski definition) is 4. The molecule has 1 aliphatic rings. The molecule has 0 atom stereocenters. The van der Waals surface area contributed by atoms with Crippen LogP contribution in [0, 0.1) is 11.3 Å². The van der Waals surface area contributed by atoms with Crippen molar-refractivity contribution in [1.29, 1.82) is 5.26 Å².